The second-order valence-corrected chi connectivity index (χ2v) is 3.25. The fraction of sp³-hybridized carbons (Fsp3) is 0.300. The largest absolute Gasteiger partial charge is 0.399 e. The van der Waals surface area contributed by atoms with Crippen molar-refractivity contribution in [2.75, 3.05) is 32.2 Å². The Morgan fingerprint density at radius 3 is 2.57 bits per heavy atom. The molecule has 1 rings (SSSR count). The van der Waals surface area contributed by atoms with Crippen LogP contribution in [-0.2, 0) is 0 Å². The summed E-state index contributed by atoms with van der Waals surface area (Å²) in [4.78, 5) is 13.2. The number of benzene rings is 1. The number of hydrogen-bond acceptors (Lipinski definition) is 3. The second-order valence-electron chi connectivity index (χ2n) is 3.25. The monoisotopic (exact) mass is 193 g/mol. The van der Waals surface area contributed by atoms with Crippen molar-refractivity contribution in [3.63, 3.8) is 0 Å². The summed E-state index contributed by atoms with van der Waals surface area (Å²) < 4.78 is 0. The molecule has 0 aliphatic carbocycles. The Morgan fingerprint density at radius 2 is 2.07 bits per heavy atom. The molecule has 0 aliphatic rings. The molecule has 4 nitrogen and oxygen atoms in total. The van der Waals surface area contributed by atoms with Crippen LogP contribution in [0, 0.1) is 0 Å². The van der Waals surface area contributed by atoms with Crippen LogP contribution < -0.4 is 11.1 Å². The van der Waals surface area contributed by atoms with Crippen LogP contribution in [0.4, 0.5) is 11.4 Å². The predicted molar refractivity (Wildman–Crippen MR) is 58.4 cm³/mol. The van der Waals surface area contributed by atoms with Crippen molar-refractivity contribution in [1.29, 1.82) is 0 Å². The molecular formula is C10H15N3O. The molecular weight excluding hydrogens is 178 g/mol. The standard InChI is InChI=1S/C10H15N3O/c1-12-9-5-4-7(11)6-8(9)10(14)13(2)3/h4-6,12H,11H2,1-3H3. The lowest BCUT2D eigenvalue weighted by Crippen LogP contribution is -2.22. The Bertz CT molecular complexity index is 347. The number of hydrogen-bond donors (Lipinski definition) is 2. The van der Waals surface area contributed by atoms with Crippen molar-refractivity contribution in [3.05, 3.63) is 23.8 Å². The summed E-state index contributed by atoms with van der Waals surface area (Å²) in [5.74, 6) is -0.0540. The number of amides is 1. The Hall–Kier alpha value is -1.71. The van der Waals surface area contributed by atoms with Crippen LogP contribution in [0.25, 0.3) is 0 Å². The Labute approximate surface area is 83.7 Å². The van der Waals surface area contributed by atoms with E-state index < -0.39 is 0 Å². The molecule has 4 heteroatoms. The lowest BCUT2D eigenvalue weighted by molar-refractivity contribution is 0.0828. The van der Waals surface area contributed by atoms with E-state index >= 15 is 0 Å². The van der Waals surface area contributed by atoms with E-state index in [0.29, 0.717) is 11.3 Å². The number of carbonyl (C=O) groups excluding carboxylic acids is 1. The van der Waals surface area contributed by atoms with Crippen LogP contribution >= 0.6 is 0 Å². The maximum Gasteiger partial charge on any atom is 0.255 e. The van der Waals surface area contributed by atoms with Gasteiger partial charge >= 0.3 is 0 Å². The van der Waals surface area contributed by atoms with Crippen molar-refractivity contribution >= 4 is 17.3 Å². The van der Waals surface area contributed by atoms with Gasteiger partial charge < -0.3 is 16.0 Å². The Morgan fingerprint density at radius 1 is 1.43 bits per heavy atom. The third-order valence-corrected chi connectivity index (χ3v) is 1.95. The topological polar surface area (TPSA) is 58.4 Å². The summed E-state index contributed by atoms with van der Waals surface area (Å²) in [6.07, 6.45) is 0. The highest BCUT2D eigenvalue weighted by Gasteiger charge is 2.12. The zero-order valence-corrected chi connectivity index (χ0v) is 8.66. The molecule has 1 amide bonds. The highest BCUT2D eigenvalue weighted by atomic mass is 16.2. The average Bonchev–Trinajstić information content (AvgIpc) is 2.16. The first-order chi connectivity index (χ1) is 6.56. The quantitative estimate of drug-likeness (QED) is 0.689. The first-order valence-electron chi connectivity index (χ1n) is 4.35. The fourth-order valence-corrected chi connectivity index (χ4v) is 1.20. The minimum atomic E-state index is -0.0540. The van der Waals surface area contributed by atoms with Gasteiger partial charge in [-0.05, 0) is 18.2 Å². The molecule has 3 N–H and O–H groups in total. The molecule has 0 aliphatic heterocycles. The molecule has 0 bridgehead atoms. The van der Waals surface area contributed by atoms with Gasteiger partial charge in [-0.15, -0.1) is 0 Å². The highest BCUT2D eigenvalue weighted by Crippen LogP contribution is 2.19. The lowest BCUT2D eigenvalue weighted by Gasteiger charge is -2.14. The lowest BCUT2D eigenvalue weighted by atomic mass is 10.1. The summed E-state index contributed by atoms with van der Waals surface area (Å²) in [5, 5.41) is 2.96. The van der Waals surface area contributed by atoms with Crippen molar-refractivity contribution in [3.8, 4) is 0 Å². The van der Waals surface area contributed by atoms with Crippen molar-refractivity contribution in [2.24, 2.45) is 0 Å². The fourth-order valence-electron chi connectivity index (χ4n) is 1.20. The summed E-state index contributed by atoms with van der Waals surface area (Å²) >= 11 is 0. The zero-order chi connectivity index (χ0) is 10.7. The number of nitrogens with two attached hydrogens (primary N) is 1. The summed E-state index contributed by atoms with van der Waals surface area (Å²) in [7, 11) is 5.20. The van der Waals surface area contributed by atoms with E-state index in [9.17, 15) is 4.79 Å². The maximum absolute atomic E-state index is 11.7. The second kappa shape index (κ2) is 4.00. The summed E-state index contributed by atoms with van der Waals surface area (Å²) in [6.45, 7) is 0. The molecule has 0 fully saturated rings. The molecule has 1 aromatic carbocycles. The van der Waals surface area contributed by atoms with Crippen LogP contribution in [0.2, 0.25) is 0 Å². The predicted octanol–water partition coefficient (Wildman–Crippen LogP) is 1.01. The van der Waals surface area contributed by atoms with E-state index in [4.69, 9.17) is 5.73 Å². The SMILES string of the molecule is CNc1ccc(N)cc1C(=O)N(C)C. The minimum Gasteiger partial charge on any atom is -0.399 e. The Balaban J connectivity index is 3.17. The number of nitrogens with one attached hydrogen (secondary N) is 1. The molecule has 76 valence electrons. The number of anilines is 2. The van der Waals surface area contributed by atoms with Crippen molar-refractivity contribution < 1.29 is 4.79 Å². The molecule has 0 heterocycles. The van der Waals surface area contributed by atoms with Gasteiger partial charge in [0, 0.05) is 32.5 Å². The van der Waals surface area contributed by atoms with E-state index in [0.717, 1.165) is 5.69 Å². The van der Waals surface area contributed by atoms with Gasteiger partial charge in [0.2, 0.25) is 0 Å². The first-order valence-corrected chi connectivity index (χ1v) is 4.35. The molecule has 0 unspecified atom stereocenters. The number of nitrogen functional groups attached to an aromatic ring is 1. The van der Waals surface area contributed by atoms with Gasteiger partial charge in [0.15, 0.2) is 0 Å². The van der Waals surface area contributed by atoms with Crippen molar-refractivity contribution in [2.45, 2.75) is 0 Å². The van der Waals surface area contributed by atoms with Gasteiger partial charge in [0.1, 0.15) is 0 Å². The average molecular weight is 193 g/mol. The number of rotatable bonds is 2. The van der Waals surface area contributed by atoms with Gasteiger partial charge in [0.05, 0.1) is 5.56 Å². The molecule has 0 atom stereocenters. The van der Waals surface area contributed by atoms with Crippen LogP contribution in [0.5, 0.6) is 0 Å². The Kier molecular flexibility index (Phi) is 2.96. The molecule has 0 saturated carbocycles. The van der Waals surface area contributed by atoms with Crippen LogP contribution in [0.15, 0.2) is 18.2 Å². The molecule has 0 spiro atoms. The van der Waals surface area contributed by atoms with E-state index in [1.807, 2.05) is 0 Å². The van der Waals surface area contributed by atoms with Gasteiger partial charge in [0.25, 0.3) is 5.91 Å². The molecule has 1 aromatic rings. The third kappa shape index (κ3) is 1.96. The number of carbonyl (C=O) groups is 1. The van der Waals surface area contributed by atoms with Crippen molar-refractivity contribution in [1.82, 2.24) is 4.90 Å². The highest BCUT2D eigenvalue weighted by molar-refractivity contribution is 6.00. The molecule has 14 heavy (non-hydrogen) atoms. The normalized spacial score (nSPS) is 9.64. The smallest absolute Gasteiger partial charge is 0.255 e. The number of nitrogens with zero attached hydrogens (tertiary/aromatic N) is 1. The maximum atomic E-state index is 11.7. The molecule has 0 saturated heterocycles. The molecule has 0 radical (unpaired) electrons. The van der Waals surface area contributed by atoms with E-state index in [1.54, 1.807) is 39.3 Å². The van der Waals surface area contributed by atoms with Crippen LogP contribution in [0.3, 0.4) is 0 Å². The van der Waals surface area contributed by atoms with Gasteiger partial charge in [-0.1, -0.05) is 0 Å². The van der Waals surface area contributed by atoms with E-state index in [-0.39, 0.29) is 5.91 Å². The summed E-state index contributed by atoms with van der Waals surface area (Å²) in [5.41, 5.74) is 7.60. The van der Waals surface area contributed by atoms with E-state index in [2.05, 4.69) is 5.32 Å². The third-order valence-electron chi connectivity index (χ3n) is 1.95. The molecule has 0 aromatic heterocycles. The van der Waals surface area contributed by atoms with Gasteiger partial charge in [-0.3, -0.25) is 4.79 Å². The summed E-state index contributed by atoms with van der Waals surface area (Å²) in [6, 6.07) is 5.23. The van der Waals surface area contributed by atoms with E-state index in [1.165, 1.54) is 4.90 Å². The zero-order valence-electron chi connectivity index (χ0n) is 8.66. The minimum absolute atomic E-state index is 0.0540. The van der Waals surface area contributed by atoms with Crippen LogP contribution in [0.1, 0.15) is 10.4 Å². The van der Waals surface area contributed by atoms with Crippen LogP contribution in [-0.4, -0.2) is 32.0 Å². The first kappa shape index (κ1) is 10.4. The van der Waals surface area contributed by atoms with Gasteiger partial charge in [-0.2, -0.15) is 0 Å². The van der Waals surface area contributed by atoms with Gasteiger partial charge in [-0.25, -0.2) is 0 Å².